The van der Waals surface area contributed by atoms with Crippen LogP contribution in [0.1, 0.15) is 149 Å². The maximum absolute atomic E-state index is 13.1. The Morgan fingerprint density at radius 1 is 0.404 bits per heavy atom. The Morgan fingerprint density at radius 3 is 1.26 bits per heavy atom. The lowest BCUT2D eigenvalue weighted by Gasteiger charge is -2.29. The fraction of sp³-hybridized carbons (Fsp3) is 0.257. The van der Waals surface area contributed by atoms with E-state index in [9.17, 15) is 52.7 Å². The van der Waals surface area contributed by atoms with Crippen molar-refractivity contribution >= 4 is 97.4 Å². The van der Waals surface area contributed by atoms with E-state index < -0.39 is 47.5 Å². The maximum atomic E-state index is 13.1. The number of ether oxygens (including phenoxy) is 6. The molecule has 4 aliphatic rings. The Bertz CT molecular complexity index is 4300. The number of methoxy groups -OCH3 is 1. The van der Waals surface area contributed by atoms with Crippen molar-refractivity contribution in [3.63, 3.8) is 0 Å². The van der Waals surface area contributed by atoms with Gasteiger partial charge >= 0.3 is 23.9 Å². The molecular weight excluding hydrogens is 1200 g/mol. The average molecular weight is 1270 g/mol. The van der Waals surface area contributed by atoms with Gasteiger partial charge in [0, 0.05) is 83.0 Å². The van der Waals surface area contributed by atoms with Gasteiger partial charge in [-0.2, -0.15) is 0 Å². The van der Waals surface area contributed by atoms with Crippen LogP contribution in [0.3, 0.4) is 0 Å². The molecule has 94 heavy (non-hydrogen) atoms. The molecule has 6 amide bonds. The minimum Gasteiger partial charge on any atom is -0.496 e. The molecule has 0 unspecified atom stereocenters. The number of amides is 6. The Morgan fingerprint density at radius 2 is 0.798 bits per heavy atom. The number of hydrogen-bond donors (Lipinski definition) is 0. The molecule has 0 saturated heterocycles. The average Bonchev–Trinajstić information content (AvgIpc) is 0.753. The maximum Gasteiger partial charge on any atom is 0.333 e. The SMILES string of the molecule is C=C(C)C(=O)OCCN1C(=O)c2cccc3c(C(=O)c4ccccc4)ccc(c23)C1=O.C=C(C)C(=O)OCCN1C(=O)c2cccc3c(C4CCCCC4)ccc(c23)C1=O.C=C(C)C(=O)OCCOc1ccc2c3c(ccc(OC)c13)C(=O)N(CCOC(=O)C(=C)C)C2=O. The molecule has 0 bridgehead atoms. The van der Waals surface area contributed by atoms with Crippen LogP contribution >= 0.6 is 0 Å². The zero-order chi connectivity index (χ0) is 67.7. The Labute approximate surface area is 541 Å². The number of carbonyl (C=O) groups excluding carboxylic acids is 11. The van der Waals surface area contributed by atoms with Crippen LogP contribution < -0.4 is 9.47 Å². The first-order valence-electron chi connectivity index (χ1n) is 30.4. The number of hydrogen-bond acceptors (Lipinski definition) is 17. The molecule has 3 heterocycles. The van der Waals surface area contributed by atoms with Crippen LogP contribution in [0.4, 0.5) is 0 Å². The van der Waals surface area contributed by atoms with Gasteiger partial charge in [-0.25, -0.2) is 19.2 Å². The number of imide groups is 3. The van der Waals surface area contributed by atoms with E-state index in [4.69, 9.17) is 28.4 Å². The summed E-state index contributed by atoms with van der Waals surface area (Å²) in [5, 5.41) is 3.66. The predicted octanol–water partition coefficient (Wildman–Crippen LogP) is 11.5. The zero-order valence-electron chi connectivity index (χ0n) is 52.8. The third-order valence-corrected chi connectivity index (χ3v) is 16.2. The Balaban J connectivity index is 0.000000166. The van der Waals surface area contributed by atoms with Crippen LogP contribution in [0.25, 0.3) is 32.3 Å². The van der Waals surface area contributed by atoms with Crippen molar-refractivity contribution in [3.05, 3.63) is 214 Å². The number of benzene rings is 7. The molecule has 0 N–H and O–H groups in total. The van der Waals surface area contributed by atoms with Gasteiger partial charge in [-0.05, 0) is 117 Å². The first-order valence-corrected chi connectivity index (χ1v) is 30.4. The second-order valence-corrected chi connectivity index (χ2v) is 22.8. The summed E-state index contributed by atoms with van der Waals surface area (Å²) >= 11 is 0. The number of esters is 4. The van der Waals surface area contributed by atoms with Gasteiger partial charge in [0.1, 0.15) is 44.5 Å². The summed E-state index contributed by atoms with van der Waals surface area (Å²) in [4.78, 5) is 141. The molecule has 482 valence electrons. The minimum absolute atomic E-state index is 0.00845. The van der Waals surface area contributed by atoms with Gasteiger partial charge in [-0.3, -0.25) is 48.3 Å². The van der Waals surface area contributed by atoms with Gasteiger partial charge in [-0.1, -0.05) is 106 Å². The van der Waals surface area contributed by atoms with E-state index in [1.165, 1.54) is 50.7 Å². The molecular formula is C74H69N3O17. The van der Waals surface area contributed by atoms with Gasteiger partial charge in [0.2, 0.25) is 0 Å². The Hall–Kier alpha value is -11.2. The standard InChI is InChI=1S/C25H25NO8.C25H19NO5.C24H25NO4/c1-14(2)24(29)33-11-10-26-22(27)16-6-8-18(31-5)21-19(9-7-17(20(16)21)23(26)28)32-12-13-34-25(30)15(3)4;1-15(2)25(30)31-14-13-26-23(28)19-10-6-9-17-18(11-12-20(21(17)19)24(26)29)22(27)16-7-4-3-5-8-16;1-15(2)24(28)29-14-13-25-22(26)19-10-6-9-18-17(16-7-4-3-5-8-16)11-12-20(21(18)19)23(25)27/h6-9H,1,3,10-13H2,2,4-5H3;3-12H,1,13-14H2,2H3;6,9-12,16H,1,3-5,7-8,13-14H2,2H3. The molecule has 3 aliphatic heterocycles. The summed E-state index contributed by atoms with van der Waals surface area (Å²) in [5.74, 6) is -3.83. The summed E-state index contributed by atoms with van der Waals surface area (Å²) in [6.45, 7) is 19.7. The van der Waals surface area contributed by atoms with Crippen molar-refractivity contribution in [2.24, 2.45) is 0 Å². The first-order chi connectivity index (χ1) is 45.0. The van der Waals surface area contributed by atoms with E-state index in [-0.39, 0.29) is 104 Å². The Kier molecular flexibility index (Phi) is 21.0. The minimum atomic E-state index is -0.597. The summed E-state index contributed by atoms with van der Waals surface area (Å²) < 4.78 is 31.4. The largest absolute Gasteiger partial charge is 0.496 e. The summed E-state index contributed by atoms with van der Waals surface area (Å²) in [6, 6.07) is 33.0. The lowest BCUT2D eigenvalue weighted by Crippen LogP contribution is -2.42. The highest BCUT2D eigenvalue weighted by Gasteiger charge is 2.38. The molecule has 1 aliphatic carbocycles. The molecule has 11 rings (SSSR count). The van der Waals surface area contributed by atoms with Crippen LogP contribution in [-0.4, -0.2) is 140 Å². The van der Waals surface area contributed by atoms with E-state index in [1.807, 2.05) is 24.3 Å². The number of ketones is 1. The van der Waals surface area contributed by atoms with E-state index >= 15 is 0 Å². The fourth-order valence-corrected chi connectivity index (χ4v) is 11.6. The van der Waals surface area contributed by atoms with Gasteiger partial charge in [0.25, 0.3) is 35.4 Å². The third-order valence-electron chi connectivity index (χ3n) is 16.2. The lowest BCUT2D eigenvalue weighted by atomic mass is 9.80. The normalized spacial score (nSPS) is 13.9. The molecule has 1 saturated carbocycles. The van der Waals surface area contributed by atoms with Crippen LogP contribution in [-0.2, 0) is 38.1 Å². The lowest BCUT2D eigenvalue weighted by molar-refractivity contribution is -0.140. The molecule has 7 aromatic rings. The third kappa shape index (κ3) is 14.0. The summed E-state index contributed by atoms with van der Waals surface area (Å²) in [7, 11) is 1.47. The molecule has 0 atom stereocenters. The van der Waals surface area contributed by atoms with Gasteiger partial charge in [0.05, 0.1) is 32.1 Å². The van der Waals surface area contributed by atoms with Crippen molar-refractivity contribution in [1.82, 2.24) is 14.7 Å². The van der Waals surface area contributed by atoms with Crippen LogP contribution in [0.5, 0.6) is 11.5 Å². The summed E-state index contributed by atoms with van der Waals surface area (Å²) in [6.07, 6.45) is 6.03. The number of nitrogens with zero attached hydrogens (tertiary/aromatic N) is 3. The van der Waals surface area contributed by atoms with Gasteiger partial charge < -0.3 is 28.4 Å². The van der Waals surface area contributed by atoms with Crippen molar-refractivity contribution in [3.8, 4) is 11.5 Å². The fourth-order valence-electron chi connectivity index (χ4n) is 11.6. The molecule has 20 heteroatoms. The molecule has 0 spiro atoms. The zero-order valence-corrected chi connectivity index (χ0v) is 52.8. The topological polar surface area (TPSA) is 253 Å². The quantitative estimate of drug-likeness (QED) is 0.0162. The smallest absolute Gasteiger partial charge is 0.333 e. The van der Waals surface area contributed by atoms with E-state index in [0.717, 1.165) is 33.4 Å². The molecule has 20 nitrogen and oxygen atoms in total. The highest BCUT2D eigenvalue weighted by molar-refractivity contribution is 6.30. The molecule has 1 fully saturated rings. The molecule has 0 aromatic heterocycles. The summed E-state index contributed by atoms with van der Waals surface area (Å²) in [5.41, 5.74) is 5.55. The van der Waals surface area contributed by atoms with Crippen LogP contribution in [0, 0.1) is 0 Å². The second kappa shape index (κ2) is 29.4. The van der Waals surface area contributed by atoms with Crippen LogP contribution in [0.15, 0.2) is 164 Å². The van der Waals surface area contributed by atoms with Crippen LogP contribution in [0.2, 0.25) is 0 Å². The van der Waals surface area contributed by atoms with Gasteiger partial charge in [0.15, 0.2) is 5.78 Å². The number of rotatable bonds is 21. The molecule has 7 aromatic carbocycles. The van der Waals surface area contributed by atoms with E-state index in [2.05, 4.69) is 32.4 Å². The van der Waals surface area contributed by atoms with Crippen molar-refractivity contribution in [1.29, 1.82) is 0 Å². The van der Waals surface area contributed by atoms with Crippen molar-refractivity contribution in [2.45, 2.75) is 65.7 Å². The highest BCUT2D eigenvalue weighted by atomic mass is 16.6. The van der Waals surface area contributed by atoms with Crippen molar-refractivity contribution < 1.29 is 81.2 Å². The predicted molar refractivity (Wildman–Crippen MR) is 349 cm³/mol. The number of carbonyl (C=O) groups is 11. The van der Waals surface area contributed by atoms with Gasteiger partial charge in [-0.15, -0.1) is 0 Å². The van der Waals surface area contributed by atoms with Crippen molar-refractivity contribution in [2.75, 3.05) is 59.8 Å². The highest BCUT2D eigenvalue weighted by Crippen LogP contribution is 2.43. The monoisotopic (exact) mass is 1270 g/mol. The molecule has 0 radical (unpaired) electrons. The van der Waals surface area contributed by atoms with E-state index in [1.54, 1.807) is 98.8 Å². The second-order valence-electron chi connectivity index (χ2n) is 22.8. The van der Waals surface area contributed by atoms with E-state index in [0.29, 0.717) is 72.3 Å². The first kappa shape index (κ1) is 67.2.